The van der Waals surface area contributed by atoms with Gasteiger partial charge in [-0.25, -0.2) is 0 Å². The fraction of sp³-hybridized carbons (Fsp3) is 0.600. The number of carbonyl (C=O) groups is 1. The molecule has 0 spiro atoms. The van der Waals surface area contributed by atoms with E-state index in [0.717, 1.165) is 31.5 Å². The molecule has 0 saturated heterocycles. The van der Waals surface area contributed by atoms with Crippen molar-refractivity contribution in [3.05, 3.63) is 29.6 Å². The van der Waals surface area contributed by atoms with Gasteiger partial charge in [0.2, 0.25) is 5.91 Å². The molecule has 1 amide bonds. The lowest BCUT2D eigenvalue weighted by atomic mass is 10.1. The second-order valence-corrected chi connectivity index (χ2v) is 5.35. The number of nitrogens with zero attached hydrogens (tertiary/aromatic N) is 3. The standard InChI is InChI=1S/C15H25N3O/c1-17(2)11-9-13-8-10-16-14(12-13)6-5-7-15(19)18(3)4/h8,10,12H,5-7,9,11H2,1-4H3. The van der Waals surface area contributed by atoms with Gasteiger partial charge in [-0.3, -0.25) is 9.78 Å². The summed E-state index contributed by atoms with van der Waals surface area (Å²) in [6.07, 6.45) is 5.24. The minimum atomic E-state index is 0.184. The summed E-state index contributed by atoms with van der Waals surface area (Å²) in [7, 11) is 7.74. The first-order valence-electron chi connectivity index (χ1n) is 6.77. The molecule has 0 aliphatic carbocycles. The molecule has 0 radical (unpaired) electrons. The molecule has 0 atom stereocenters. The van der Waals surface area contributed by atoms with Gasteiger partial charge in [-0.2, -0.15) is 0 Å². The van der Waals surface area contributed by atoms with E-state index in [1.165, 1.54) is 5.56 Å². The molecule has 0 aliphatic rings. The summed E-state index contributed by atoms with van der Waals surface area (Å²) in [6.45, 7) is 1.04. The average Bonchev–Trinajstić information content (AvgIpc) is 2.36. The summed E-state index contributed by atoms with van der Waals surface area (Å²) in [5.41, 5.74) is 2.40. The lowest BCUT2D eigenvalue weighted by Crippen LogP contribution is -2.21. The number of hydrogen-bond acceptors (Lipinski definition) is 3. The van der Waals surface area contributed by atoms with Crippen LogP contribution in [0.3, 0.4) is 0 Å². The summed E-state index contributed by atoms with van der Waals surface area (Å²) < 4.78 is 0. The highest BCUT2D eigenvalue weighted by Gasteiger charge is 2.04. The molecule has 1 aromatic rings. The molecule has 1 aromatic heterocycles. The van der Waals surface area contributed by atoms with Crippen LogP contribution in [0.25, 0.3) is 0 Å². The van der Waals surface area contributed by atoms with Gasteiger partial charge in [0, 0.05) is 39.0 Å². The maximum atomic E-state index is 11.5. The number of rotatable bonds is 7. The maximum Gasteiger partial charge on any atom is 0.222 e. The van der Waals surface area contributed by atoms with Gasteiger partial charge in [-0.05, 0) is 51.1 Å². The Balaban J connectivity index is 2.42. The van der Waals surface area contributed by atoms with E-state index in [0.29, 0.717) is 6.42 Å². The van der Waals surface area contributed by atoms with E-state index in [9.17, 15) is 4.79 Å². The molecule has 106 valence electrons. The molecule has 0 N–H and O–H groups in total. The van der Waals surface area contributed by atoms with Crippen molar-refractivity contribution in [2.75, 3.05) is 34.7 Å². The number of aromatic nitrogens is 1. The third kappa shape index (κ3) is 6.34. The highest BCUT2D eigenvalue weighted by molar-refractivity contribution is 5.75. The fourth-order valence-electron chi connectivity index (χ4n) is 1.82. The van der Waals surface area contributed by atoms with Crippen LogP contribution in [0.4, 0.5) is 0 Å². The zero-order valence-electron chi connectivity index (χ0n) is 12.5. The van der Waals surface area contributed by atoms with Crippen LogP contribution in [0.5, 0.6) is 0 Å². The van der Waals surface area contributed by atoms with Crippen LogP contribution in [0.2, 0.25) is 0 Å². The van der Waals surface area contributed by atoms with Gasteiger partial charge in [0.1, 0.15) is 0 Å². The Labute approximate surface area is 116 Å². The normalized spacial score (nSPS) is 10.8. The van der Waals surface area contributed by atoms with Crippen molar-refractivity contribution >= 4 is 5.91 Å². The predicted octanol–water partition coefficient (Wildman–Crippen LogP) is 1.60. The summed E-state index contributed by atoms with van der Waals surface area (Å²) >= 11 is 0. The number of hydrogen-bond donors (Lipinski definition) is 0. The van der Waals surface area contributed by atoms with Crippen molar-refractivity contribution in [1.29, 1.82) is 0 Å². The van der Waals surface area contributed by atoms with Crippen LogP contribution in [0.1, 0.15) is 24.1 Å². The lowest BCUT2D eigenvalue weighted by molar-refractivity contribution is -0.128. The predicted molar refractivity (Wildman–Crippen MR) is 78.1 cm³/mol. The largest absolute Gasteiger partial charge is 0.349 e. The molecule has 1 rings (SSSR count). The number of pyridine rings is 1. The van der Waals surface area contributed by atoms with Crippen LogP contribution < -0.4 is 0 Å². The zero-order valence-corrected chi connectivity index (χ0v) is 12.5. The minimum absolute atomic E-state index is 0.184. The van der Waals surface area contributed by atoms with Crippen molar-refractivity contribution in [2.45, 2.75) is 25.7 Å². The smallest absolute Gasteiger partial charge is 0.222 e. The topological polar surface area (TPSA) is 36.4 Å². The Kier molecular flexibility index (Phi) is 6.50. The molecule has 4 heteroatoms. The van der Waals surface area contributed by atoms with E-state index in [4.69, 9.17) is 0 Å². The van der Waals surface area contributed by atoms with E-state index in [2.05, 4.69) is 36.1 Å². The molecule has 0 bridgehead atoms. The highest BCUT2D eigenvalue weighted by Crippen LogP contribution is 2.07. The second-order valence-electron chi connectivity index (χ2n) is 5.35. The number of likely N-dealkylation sites (N-methyl/N-ethyl adjacent to an activating group) is 1. The van der Waals surface area contributed by atoms with E-state index in [-0.39, 0.29) is 5.91 Å². The van der Waals surface area contributed by atoms with Crippen LogP contribution in [0, 0.1) is 0 Å². The molecular formula is C15H25N3O. The highest BCUT2D eigenvalue weighted by atomic mass is 16.2. The maximum absolute atomic E-state index is 11.5. The van der Waals surface area contributed by atoms with Gasteiger partial charge in [0.25, 0.3) is 0 Å². The van der Waals surface area contributed by atoms with Crippen LogP contribution in [0.15, 0.2) is 18.3 Å². The Bertz CT molecular complexity index is 402. The molecule has 0 unspecified atom stereocenters. The Morgan fingerprint density at radius 2 is 1.95 bits per heavy atom. The van der Waals surface area contributed by atoms with Crippen LogP contribution in [-0.2, 0) is 17.6 Å². The first-order chi connectivity index (χ1) is 8.99. The zero-order chi connectivity index (χ0) is 14.3. The molecule has 0 saturated carbocycles. The minimum Gasteiger partial charge on any atom is -0.349 e. The van der Waals surface area contributed by atoms with Gasteiger partial charge in [-0.1, -0.05) is 0 Å². The summed E-state index contributed by atoms with van der Waals surface area (Å²) in [6, 6.07) is 4.22. The monoisotopic (exact) mass is 263 g/mol. The van der Waals surface area contributed by atoms with E-state index >= 15 is 0 Å². The third-order valence-corrected chi connectivity index (χ3v) is 3.05. The van der Waals surface area contributed by atoms with Gasteiger partial charge in [-0.15, -0.1) is 0 Å². The first-order valence-corrected chi connectivity index (χ1v) is 6.77. The fourth-order valence-corrected chi connectivity index (χ4v) is 1.82. The van der Waals surface area contributed by atoms with Crippen molar-refractivity contribution in [2.24, 2.45) is 0 Å². The molecular weight excluding hydrogens is 238 g/mol. The molecule has 0 aromatic carbocycles. The van der Waals surface area contributed by atoms with E-state index in [1.54, 1.807) is 19.0 Å². The van der Waals surface area contributed by atoms with Crippen molar-refractivity contribution in [1.82, 2.24) is 14.8 Å². The van der Waals surface area contributed by atoms with Crippen molar-refractivity contribution < 1.29 is 4.79 Å². The van der Waals surface area contributed by atoms with Crippen LogP contribution >= 0.6 is 0 Å². The number of amides is 1. The molecule has 19 heavy (non-hydrogen) atoms. The van der Waals surface area contributed by atoms with Gasteiger partial charge < -0.3 is 9.80 Å². The summed E-state index contributed by atoms with van der Waals surface area (Å²) in [4.78, 5) is 19.7. The number of aryl methyl sites for hydroxylation is 1. The Morgan fingerprint density at radius 3 is 2.58 bits per heavy atom. The Morgan fingerprint density at radius 1 is 1.21 bits per heavy atom. The molecule has 4 nitrogen and oxygen atoms in total. The van der Waals surface area contributed by atoms with Crippen LogP contribution in [-0.4, -0.2) is 55.4 Å². The third-order valence-electron chi connectivity index (χ3n) is 3.05. The van der Waals surface area contributed by atoms with Gasteiger partial charge in [0.15, 0.2) is 0 Å². The van der Waals surface area contributed by atoms with E-state index < -0.39 is 0 Å². The molecule has 0 aliphatic heterocycles. The second kappa shape index (κ2) is 7.89. The summed E-state index contributed by atoms with van der Waals surface area (Å²) in [5.74, 6) is 0.184. The molecule has 0 fully saturated rings. The first kappa shape index (κ1) is 15.6. The lowest BCUT2D eigenvalue weighted by Gasteiger charge is -2.11. The average molecular weight is 263 g/mol. The van der Waals surface area contributed by atoms with Gasteiger partial charge in [0.05, 0.1) is 0 Å². The quantitative estimate of drug-likeness (QED) is 0.749. The SMILES string of the molecule is CN(C)CCc1ccnc(CCCC(=O)N(C)C)c1. The van der Waals surface area contributed by atoms with Gasteiger partial charge >= 0.3 is 0 Å². The van der Waals surface area contributed by atoms with E-state index in [1.807, 2.05) is 6.20 Å². The summed E-state index contributed by atoms with van der Waals surface area (Å²) in [5, 5.41) is 0. The van der Waals surface area contributed by atoms with Crippen molar-refractivity contribution in [3.8, 4) is 0 Å². The Hall–Kier alpha value is -1.42. The molecule has 1 heterocycles. The number of carbonyl (C=O) groups excluding carboxylic acids is 1. The van der Waals surface area contributed by atoms with Crippen molar-refractivity contribution in [3.63, 3.8) is 0 Å².